The monoisotopic (exact) mass is 297 g/mol. The van der Waals surface area contributed by atoms with Gasteiger partial charge < -0.3 is 10.2 Å². The highest BCUT2D eigenvalue weighted by atomic mass is 32.1. The average Bonchev–Trinajstić information content (AvgIpc) is 3.18. The summed E-state index contributed by atoms with van der Waals surface area (Å²) in [6.07, 6.45) is 9.00. The Balaban J connectivity index is 1.74. The van der Waals surface area contributed by atoms with E-state index in [1.165, 1.54) is 0 Å². The van der Waals surface area contributed by atoms with E-state index in [9.17, 15) is 4.79 Å². The second-order valence-corrected chi connectivity index (χ2v) is 5.75. The third-order valence-electron chi connectivity index (χ3n) is 3.52. The minimum Gasteiger partial charge on any atom is -0.336 e. The molecule has 1 aliphatic rings. The van der Waals surface area contributed by atoms with Crippen LogP contribution in [0.1, 0.15) is 18.4 Å². The molecule has 1 saturated heterocycles. The van der Waals surface area contributed by atoms with Crippen LogP contribution in [0.25, 0.3) is 0 Å². The Hall–Kier alpha value is -2.32. The van der Waals surface area contributed by atoms with Crippen molar-refractivity contribution in [3.05, 3.63) is 41.4 Å². The van der Waals surface area contributed by atoms with Gasteiger partial charge in [0.1, 0.15) is 6.04 Å². The van der Waals surface area contributed by atoms with Gasteiger partial charge in [-0.05, 0) is 31.0 Å². The van der Waals surface area contributed by atoms with Crippen molar-refractivity contribution in [2.75, 3.05) is 16.8 Å². The number of benzene rings is 1. The molecule has 1 fully saturated rings. The van der Waals surface area contributed by atoms with Gasteiger partial charge in [-0.3, -0.25) is 4.79 Å². The van der Waals surface area contributed by atoms with Crippen LogP contribution in [0.2, 0.25) is 0 Å². The number of nitrogens with one attached hydrogen (secondary N) is 1. The maximum Gasteiger partial charge on any atom is 0.247 e. The van der Waals surface area contributed by atoms with E-state index >= 15 is 0 Å². The van der Waals surface area contributed by atoms with Crippen molar-refractivity contribution < 1.29 is 4.79 Å². The first-order valence-electron chi connectivity index (χ1n) is 6.81. The summed E-state index contributed by atoms with van der Waals surface area (Å²) in [5.74, 6) is 2.57. The number of anilines is 2. The van der Waals surface area contributed by atoms with Crippen LogP contribution in [0.15, 0.2) is 35.8 Å². The zero-order valence-corrected chi connectivity index (χ0v) is 12.3. The molecular weight excluding hydrogens is 282 g/mol. The molecule has 1 N–H and O–H groups in total. The minimum absolute atomic E-state index is 0.00290. The summed E-state index contributed by atoms with van der Waals surface area (Å²) in [4.78, 5) is 18.9. The number of rotatable bonds is 3. The third kappa shape index (κ3) is 2.91. The minimum atomic E-state index is -0.161. The Labute approximate surface area is 127 Å². The summed E-state index contributed by atoms with van der Waals surface area (Å²) in [7, 11) is 0. The summed E-state index contributed by atoms with van der Waals surface area (Å²) < 4.78 is 0. The van der Waals surface area contributed by atoms with Gasteiger partial charge in [0.25, 0.3) is 0 Å². The first-order valence-corrected chi connectivity index (χ1v) is 7.69. The average molecular weight is 297 g/mol. The van der Waals surface area contributed by atoms with Gasteiger partial charge in [0.2, 0.25) is 5.91 Å². The van der Waals surface area contributed by atoms with Crippen LogP contribution in [-0.4, -0.2) is 23.5 Å². The molecule has 0 aliphatic carbocycles. The number of thiazole rings is 1. The fraction of sp³-hybridized carbons (Fsp3) is 0.250. The lowest BCUT2D eigenvalue weighted by Crippen LogP contribution is -2.39. The van der Waals surface area contributed by atoms with Crippen molar-refractivity contribution in [1.82, 2.24) is 4.98 Å². The van der Waals surface area contributed by atoms with E-state index in [2.05, 4.69) is 21.1 Å². The Morgan fingerprint density at radius 2 is 2.43 bits per heavy atom. The Morgan fingerprint density at radius 3 is 3.19 bits per heavy atom. The highest BCUT2D eigenvalue weighted by Gasteiger charge is 2.32. The molecule has 1 aromatic carbocycles. The normalized spacial score (nSPS) is 17.5. The lowest BCUT2D eigenvalue weighted by atomic mass is 10.2. The predicted octanol–water partition coefficient (Wildman–Crippen LogP) is 2.73. The molecule has 1 aliphatic heterocycles. The van der Waals surface area contributed by atoms with Crippen molar-refractivity contribution in [3.63, 3.8) is 0 Å². The molecule has 5 heteroatoms. The SMILES string of the molecule is C#Cc1cccc(NC(=O)C2CCCN2c2nccs2)c1. The van der Waals surface area contributed by atoms with Crippen molar-refractivity contribution in [2.45, 2.75) is 18.9 Å². The molecular formula is C16H15N3OS. The smallest absolute Gasteiger partial charge is 0.247 e. The van der Waals surface area contributed by atoms with Crippen LogP contribution >= 0.6 is 11.3 Å². The predicted molar refractivity (Wildman–Crippen MR) is 85.5 cm³/mol. The van der Waals surface area contributed by atoms with Gasteiger partial charge in [0, 0.05) is 29.4 Å². The summed E-state index contributed by atoms with van der Waals surface area (Å²) in [6.45, 7) is 0.871. The Kier molecular flexibility index (Phi) is 3.89. The fourth-order valence-corrected chi connectivity index (χ4v) is 3.26. The maximum absolute atomic E-state index is 12.5. The molecule has 0 saturated carbocycles. The van der Waals surface area contributed by atoms with Gasteiger partial charge in [-0.2, -0.15) is 0 Å². The number of terminal acetylenes is 1. The van der Waals surface area contributed by atoms with Crippen LogP contribution in [0.4, 0.5) is 10.8 Å². The van der Waals surface area contributed by atoms with Crippen LogP contribution in [-0.2, 0) is 4.79 Å². The quantitative estimate of drug-likeness (QED) is 0.886. The maximum atomic E-state index is 12.5. The zero-order valence-electron chi connectivity index (χ0n) is 11.5. The van der Waals surface area contributed by atoms with Gasteiger partial charge in [-0.15, -0.1) is 17.8 Å². The van der Waals surface area contributed by atoms with E-state index in [-0.39, 0.29) is 11.9 Å². The topological polar surface area (TPSA) is 45.2 Å². The van der Waals surface area contributed by atoms with Crippen molar-refractivity contribution in [2.24, 2.45) is 0 Å². The van der Waals surface area contributed by atoms with Gasteiger partial charge in [-0.1, -0.05) is 12.0 Å². The molecule has 106 valence electrons. The molecule has 2 aromatic rings. The van der Waals surface area contributed by atoms with E-state index in [1.54, 1.807) is 23.6 Å². The molecule has 2 heterocycles. The molecule has 21 heavy (non-hydrogen) atoms. The summed E-state index contributed by atoms with van der Waals surface area (Å²) in [5, 5.41) is 5.79. The number of carbonyl (C=O) groups excluding carboxylic acids is 1. The third-order valence-corrected chi connectivity index (χ3v) is 4.33. The van der Waals surface area contributed by atoms with Gasteiger partial charge in [0.05, 0.1) is 0 Å². The lowest BCUT2D eigenvalue weighted by molar-refractivity contribution is -0.117. The van der Waals surface area contributed by atoms with Crippen molar-refractivity contribution >= 4 is 28.1 Å². The standard InChI is InChI=1S/C16H15N3OS/c1-2-12-5-3-6-13(11-12)18-15(20)14-7-4-9-19(14)16-17-8-10-21-16/h1,3,5-6,8,10-11,14H,4,7,9H2,(H,18,20). The first kappa shape index (κ1) is 13.7. The van der Waals surface area contributed by atoms with Gasteiger partial charge in [-0.25, -0.2) is 4.98 Å². The molecule has 1 atom stereocenters. The van der Waals surface area contributed by atoms with Crippen LogP contribution in [0, 0.1) is 12.3 Å². The van der Waals surface area contributed by atoms with Crippen molar-refractivity contribution in [3.8, 4) is 12.3 Å². The molecule has 1 aromatic heterocycles. The summed E-state index contributed by atoms with van der Waals surface area (Å²) in [5.41, 5.74) is 1.50. The zero-order chi connectivity index (χ0) is 14.7. The highest BCUT2D eigenvalue weighted by Crippen LogP contribution is 2.28. The van der Waals surface area contributed by atoms with Crippen LogP contribution in [0.5, 0.6) is 0 Å². The van der Waals surface area contributed by atoms with Crippen LogP contribution < -0.4 is 10.2 Å². The fourth-order valence-electron chi connectivity index (χ4n) is 2.54. The second kappa shape index (κ2) is 5.98. The molecule has 1 unspecified atom stereocenters. The molecule has 1 amide bonds. The number of aromatic nitrogens is 1. The molecule has 4 nitrogen and oxygen atoms in total. The van der Waals surface area contributed by atoms with Gasteiger partial charge >= 0.3 is 0 Å². The number of carbonyl (C=O) groups is 1. The largest absolute Gasteiger partial charge is 0.336 e. The number of hydrogen-bond donors (Lipinski definition) is 1. The Morgan fingerprint density at radius 1 is 1.52 bits per heavy atom. The van der Waals surface area contributed by atoms with Crippen LogP contribution in [0.3, 0.4) is 0 Å². The molecule has 3 rings (SSSR count). The Bertz CT molecular complexity index is 675. The number of amides is 1. The summed E-state index contributed by atoms with van der Waals surface area (Å²) in [6, 6.07) is 7.18. The number of nitrogens with zero attached hydrogens (tertiary/aromatic N) is 2. The van der Waals surface area contributed by atoms with E-state index in [0.29, 0.717) is 0 Å². The second-order valence-electron chi connectivity index (χ2n) is 4.88. The van der Waals surface area contributed by atoms with E-state index in [1.807, 2.05) is 23.6 Å². The molecule has 0 spiro atoms. The van der Waals surface area contributed by atoms with Crippen molar-refractivity contribution in [1.29, 1.82) is 0 Å². The molecule has 0 bridgehead atoms. The number of hydrogen-bond acceptors (Lipinski definition) is 4. The first-order chi connectivity index (χ1) is 10.3. The van der Waals surface area contributed by atoms with Gasteiger partial charge in [0.15, 0.2) is 5.13 Å². The lowest BCUT2D eigenvalue weighted by Gasteiger charge is -2.23. The van der Waals surface area contributed by atoms with E-state index in [0.717, 1.165) is 35.8 Å². The summed E-state index contributed by atoms with van der Waals surface area (Å²) >= 11 is 1.56. The van der Waals surface area contributed by atoms with E-state index in [4.69, 9.17) is 6.42 Å². The van der Waals surface area contributed by atoms with E-state index < -0.39 is 0 Å². The highest BCUT2D eigenvalue weighted by molar-refractivity contribution is 7.13. The molecule has 0 radical (unpaired) electrons.